The van der Waals surface area contributed by atoms with E-state index in [0.717, 1.165) is 31.4 Å². The van der Waals surface area contributed by atoms with Gasteiger partial charge in [0.15, 0.2) is 5.96 Å². The van der Waals surface area contributed by atoms with Crippen molar-refractivity contribution >= 4 is 29.9 Å². The minimum absolute atomic E-state index is 0. The van der Waals surface area contributed by atoms with Gasteiger partial charge >= 0.3 is 0 Å². The summed E-state index contributed by atoms with van der Waals surface area (Å²) in [5.41, 5.74) is 0.344. The molecule has 0 spiro atoms. The van der Waals surface area contributed by atoms with Crippen LogP contribution in [0, 0.1) is 5.41 Å². The van der Waals surface area contributed by atoms with Crippen molar-refractivity contribution in [1.82, 2.24) is 15.2 Å². The number of rotatable bonds is 3. The van der Waals surface area contributed by atoms with E-state index in [2.05, 4.69) is 56.7 Å². The Balaban J connectivity index is 0.00000264. The number of likely N-dealkylation sites (tertiary alicyclic amines) is 1. The second-order valence-corrected chi connectivity index (χ2v) is 7.87. The van der Waals surface area contributed by atoms with Crippen molar-refractivity contribution in [2.24, 2.45) is 10.4 Å². The highest BCUT2D eigenvalue weighted by Gasteiger charge is 2.30. The number of hydrogen-bond acceptors (Lipinski definition) is 3. The van der Waals surface area contributed by atoms with Crippen LogP contribution < -0.4 is 5.32 Å². The number of hydrogen-bond donors (Lipinski definition) is 1. The quantitative estimate of drug-likeness (QED) is 0.447. The van der Waals surface area contributed by atoms with Crippen LogP contribution in [0.3, 0.4) is 0 Å². The lowest BCUT2D eigenvalue weighted by atomic mass is 9.93. The first kappa shape index (κ1) is 20.3. The monoisotopic (exact) mass is 434 g/mol. The normalized spacial score (nSPS) is 18.0. The van der Waals surface area contributed by atoms with Crippen LogP contribution >= 0.6 is 24.0 Å². The first-order valence-corrected chi connectivity index (χ1v) is 8.20. The van der Waals surface area contributed by atoms with Crippen LogP contribution in [0.25, 0.3) is 0 Å². The number of aromatic nitrogens is 1. The average Bonchev–Trinajstić information content (AvgIpc) is 3.00. The summed E-state index contributed by atoms with van der Waals surface area (Å²) in [6.07, 6.45) is 3.02. The van der Waals surface area contributed by atoms with E-state index in [1.807, 2.05) is 6.20 Å². The fourth-order valence-corrected chi connectivity index (χ4v) is 2.59. The number of nitrogens with zero attached hydrogens (tertiary/aromatic N) is 3. The molecule has 0 radical (unpaired) electrons. The summed E-state index contributed by atoms with van der Waals surface area (Å²) >= 11 is 0. The number of halogens is 1. The van der Waals surface area contributed by atoms with Crippen LogP contribution in [0.15, 0.2) is 15.6 Å². The summed E-state index contributed by atoms with van der Waals surface area (Å²) < 4.78 is 5.82. The molecule has 1 fully saturated rings. The van der Waals surface area contributed by atoms with Crippen LogP contribution in [-0.4, -0.2) is 35.5 Å². The molecular weight excluding hydrogens is 403 g/mol. The van der Waals surface area contributed by atoms with Gasteiger partial charge in [-0.3, -0.25) is 0 Å². The largest absolute Gasteiger partial charge is 0.443 e. The minimum atomic E-state index is -0.0154. The first-order chi connectivity index (χ1) is 10.2. The zero-order valence-corrected chi connectivity index (χ0v) is 17.6. The Morgan fingerprint density at radius 2 is 2.13 bits per heavy atom. The van der Waals surface area contributed by atoms with E-state index < -0.39 is 0 Å². The van der Waals surface area contributed by atoms with Crippen LogP contribution in [-0.2, 0) is 12.0 Å². The lowest BCUT2D eigenvalue weighted by Gasteiger charge is -2.23. The molecule has 1 saturated heterocycles. The van der Waals surface area contributed by atoms with Gasteiger partial charge in [-0.15, -0.1) is 24.0 Å². The lowest BCUT2D eigenvalue weighted by molar-refractivity contribution is 0.367. The van der Waals surface area contributed by atoms with Gasteiger partial charge in [0.05, 0.1) is 6.20 Å². The summed E-state index contributed by atoms with van der Waals surface area (Å²) in [6, 6.07) is 0. The Hall–Kier alpha value is -0.790. The molecule has 5 nitrogen and oxygen atoms in total. The second-order valence-electron chi connectivity index (χ2n) is 7.87. The van der Waals surface area contributed by atoms with Gasteiger partial charge in [0.25, 0.3) is 0 Å². The molecule has 1 aromatic heterocycles. The minimum Gasteiger partial charge on any atom is -0.443 e. The maximum absolute atomic E-state index is 5.82. The highest BCUT2D eigenvalue weighted by atomic mass is 127. The van der Waals surface area contributed by atoms with E-state index in [4.69, 9.17) is 9.41 Å². The van der Waals surface area contributed by atoms with Gasteiger partial charge in [-0.25, -0.2) is 9.98 Å². The third-order valence-electron chi connectivity index (χ3n) is 3.97. The predicted octanol–water partition coefficient (Wildman–Crippen LogP) is 3.79. The third kappa shape index (κ3) is 5.65. The number of guanidine groups is 1. The molecule has 2 rings (SSSR count). The summed E-state index contributed by atoms with van der Waals surface area (Å²) in [5, 5.41) is 3.38. The second kappa shape index (κ2) is 7.85. The highest BCUT2D eigenvalue weighted by Crippen LogP contribution is 2.28. The Bertz CT molecular complexity index is 531. The topological polar surface area (TPSA) is 53.7 Å². The number of oxazole rings is 1. The van der Waals surface area contributed by atoms with Crippen molar-refractivity contribution in [2.75, 3.05) is 19.6 Å². The molecule has 2 heterocycles. The van der Waals surface area contributed by atoms with Crippen LogP contribution in [0.2, 0.25) is 0 Å². The van der Waals surface area contributed by atoms with E-state index >= 15 is 0 Å². The fourth-order valence-electron chi connectivity index (χ4n) is 2.59. The summed E-state index contributed by atoms with van der Waals surface area (Å²) in [5.74, 6) is 2.55. The zero-order chi connectivity index (χ0) is 16.4. The van der Waals surface area contributed by atoms with Gasteiger partial charge in [0, 0.05) is 25.0 Å². The SMILES string of the molecule is CCNC(=NCc1ncc(C(C)(C)C)o1)N1CCC(C)(C)C1.I. The van der Waals surface area contributed by atoms with E-state index in [9.17, 15) is 0 Å². The molecule has 0 unspecified atom stereocenters. The zero-order valence-electron chi connectivity index (χ0n) is 15.3. The molecule has 0 aliphatic carbocycles. The molecule has 1 aliphatic heterocycles. The van der Waals surface area contributed by atoms with Crippen molar-refractivity contribution in [1.29, 1.82) is 0 Å². The van der Waals surface area contributed by atoms with Crippen LogP contribution in [0.5, 0.6) is 0 Å². The van der Waals surface area contributed by atoms with Crippen LogP contribution in [0.1, 0.15) is 59.6 Å². The maximum Gasteiger partial charge on any atom is 0.216 e. The van der Waals surface area contributed by atoms with Gasteiger partial charge < -0.3 is 14.6 Å². The molecule has 0 atom stereocenters. The van der Waals surface area contributed by atoms with Crippen molar-refractivity contribution < 1.29 is 4.42 Å². The predicted molar refractivity (Wildman–Crippen MR) is 105 cm³/mol. The molecule has 132 valence electrons. The average molecular weight is 434 g/mol. The molecule has 0 amide bonds. The molecule has 23 heavy (non-hydrogen) atoms. The molecule has 6 heteroatoms. The molecule has 1 aromatic rings. The van der Waals surface area contributed by atoms with Gasteiger partial charge in [0.1, 0.15) is 12.3 Å². The van der Waals surface area contributed by atoms with Crippen molar-refractivity contribution in [3.63, 3.8) is 0 Å². The van der Waals surface area contributed by atoms with Crippen LogP contribution in [0.4, 0.5) is 0 Å². The first-order valence-electron chi connectivity index (χ1n) is 8.20. The Kier molecular flexibility index (Phi) is 6.92. The van der Waals surface area contributed by atoms with Gasteiger partial charge in [-0.05, 0) is 18.8 Å². The van der Waals surface area contributed by atoms with E-state index in [1.54, 1.807) is 0 Å². The molecule has 0 bridgehead atoms. The molecular formula is C17H31IN4O. The van der Waals surface area contributed by atoms with Crippen molar-refractivity contribution in [3.05, 3.63) is 17.8 Å². The Morgan fingerprint density at radius 1 is 1.43 bits per heavy atom. The molecule has 0 aromatic carbocycles. The van der Waals surface area contributed by atoms with Crippen molar-refractivity contribution in [2.45, 2.75) is 59.9 Å². The molecule has 1 aliphatic rings. The third-order valence-corrected chi connectivity index (χ3v) is 3.97. The van der Waals surface area contributed by atoms with E-state index in [-0.39, 0.29) is 29.4 Å². The Morgan fingerprint density at radius 3 is 2.61 bits per heavy atom. The van der Waals surface area contributed by atoms with Gasteiger partial charge in [-0.2, -0.15) is 0 Å². The molecule has 1 N–H and O–H groups in total. The lowest BCUT2D eigenvalue weighted by Crippen LogP contribution is -2.40. The maximum atomic E-state index is 5.82. The summed E-state index contributed by atoms with van der Waals surface area (Å²) in [4.78, 5) is 11.4. The van der Waals surface area contributed by atoms with Gasteiger partial charge in [-0.1, -0.05) is 34.6 Å². The molecule has 0 saturated carbocycles. The Labute approximate surface area is 157 Å². The number of nitrogens with one attached hydrogen (secondary N) is 1. The summed E-state index contributed by atoms with van der Waals surface area (Å²) in [7, 11) is 0. The fraction of sp³-hybridized carbons (Fsp3) is 0.765. The smallest absolute Gasteiger partial charge is 0.216 e. The van der Waals surface area contributed by atoms with E-state index in [0.29, 0.717) is 17.9 Å². The van der Waals surface area contributed by atoms with E-state index in [1.165, 1.54) is 6.42 Å². The highest BCUT2D eigenvalue weighted by molar-refractivity contribution is 14.0. The van der Waals surface area contributed by atoms with Gasteiger partial charge in [0.2, 0.25) is 5.89 Å². The standard InChI is InChI=1S/C17H30N4O.HI/c1-7-18-15(21-9-8-17(5,6)12-21)20-11-14-19-10-13(22-14)16(2,3)4;/h10H,7-9,11-12H2,1-6H3,(H,18,20);1H. The van der Waals surface area contributed by atoms with Crippen molar-refractivity contribution in [3.8, 4) is 0 Å². The summed E-state index contributed by atoms with van der Waals surface area (Å²) in [6.45, 7) is 16.5. The number of aliphatic imine (C=N–C) groups is 1.